The molecule has 1 aromatic carbocycles. The Morgan fingerprint density at radius 2 is 2.05 bits per heavy atom. The number of benzene rings is 1. The standard InChI is InChI=1S/C16H16N2O3/c1-18(13-5-3-4-6-14(13)21-2)15-9-7-12(11-17-15)8-10-16(19)20/h3-11H,1-2H3,(H,19,20)/b10-8+. The summed E-state index contributed by atoms with van der Waals surface area (Å²) >= 11 is 0. The number of hydrogen-bond acceptors (Lipinski definition) is 4. The largest absolute Gasteiger partial charge is 0.495 e. The van der Waals surface area contributed by atoms with Crippen LogP contribution in [0.5, 0.6) is 5.75 Å². The molecule has 0 unspecified atom stereocenters. The highest BCUT2D eigenvalue weighted by Crippen LogP contribution is 2.31. The first-order valence-corrected chi connectivity index (χ1v) is 6.35. The Morgan fingerprint density at radius 1 is 1.29 bits per heavy atom. The van der Waals surface area contributed by atoms with E-state index < -0.39 is 5.97 Å². The quantitative estimate of drug-likeness (QED) is 0.855. The van der Waals surface area contributed by atoms with E-state index in [1.807, 2.05) is 48.3 Å². The van der Waals surface area contributed by atoms with Crippen molar-refractivity contribution in [2.24, 2.45) is 0 Å². The van der Waals surface area contributed by atoms with Crippen LogP contribution in [0.4, 0.5) is 11.5 Å². The van der Waals surface area contributed by atoms with E-state index in [0.29, 0.717) is 0 Å². The average molecular weight is 284 g/mol. The normalized spacial score (nSPS) is 10.6. The van der Waals surface area contributed by atoms with Crippen molar-refractivity contribution in [3.63, 3.8) is 0 Å². The highest BCUT2D eigenvalue weighted by Gasteiger charge is 2.09. The summed E-state index contributed by atoms with van der Waals surface area (Å²) < 4.78 is 5.33. The van der Waals surface area contributed by atoms with E-state index >= 15 is 0 Å². The molecule has 0 aliphatic heterocycles. The monoisotopic (exact) mass is 284 g/mol. The highest BCUT2D eigenvalue weighted by atomic mass is 16.5. The number of hydrogen-bond donors (Lipinski definition) is 1. The molecule has 21 heavy (non-hydrogen) atoms. The zero-order chi connectivity index (χ0) is 15.2. The lowest BCUT2D eigenvalue weighted by molar-refractivity contribution is -0.131. The number of ether oxygens (including phenoxy) is 1. The fraction of sp³-hybridized carbons (Fsp3) is 0.125. The molecule has 0 saturated carbocycles. The maximum Gasteiger partial charge on any atom is 0.328 e. The van der Waals surface area contributed by atoms with E-state index in [2.05, 4.69) is 4.98 Å². The van der Waals surface area contributed by atoms with Gasteiger partial charge in [0, 0.05) is 19.3 Å². The predicted octanol–water partition coefficient (Wildman–Crippen LogP) is 2.96. The fourth-order valence-corrected chi connectivity index (χ4v) is 1.89. The minimum atomic E-state index is -0.981. The minimum Gasteiger partial charge on any atom is -0.495 e. The van der Waals surface area contributed by atoms with E-state index in [1.165, 1.54) is 6.08 Å². The third-order valence-corrected chi connectivity index (χ3v) is 2.98. The fourth-order valence-electron chi connectivity index (χ4n) is 1.89. The Balaban J connectivity index is 2.24. The van der Waals surface area contributed by atoms with E-state index in [1.54, 1.807) is 13.3 Å². The van der Waals surface area contributed by atoms with Gasteiger partial charge in [-0.05, 0) is 35.9 Å². The molecule has 0 atom stereocenters. The molecule has 5 nitrogen and oxygen atoms in total. The van der Waals surface area contributed by atoms with Crippen molar-refractivity contribution in [3.05, 3.63) is 54.2 Å². The SMILES string of the molecule is COc1ccccc1N(C)c1ccc(/C=C/C(=O)O)cn1. The first kappa shape index (κ1) is 14.6. The molecule has 2 rings (SSSR count). The van der Waals surface area contributed by atoms with Crippen LogP contribution in [0.3, 0.4) is 0 Å². The molecule has 1 heterocycles. The minimum absolute atomic E-state index is 0.731. The first-order valence-electron chi connectivity index (χ1n) is 6.35. The molecule has 1 N–H and O–H groups in total. The molecular weight excluding hydrogens is 268 g/mol. The molecule has 0 spiro atoms. The van der Waals surface area contributed by atoms with Gasteiger partial charge in [-0.25, -0.2) is 9.78 Å². The van der Waals surface area contributed by atoms with Crippen molar-refractivity contribution < 1.29 is 14.6 Å². The second-order valence-corrected chi connectivity index (χ2v) is 4.35. The van der Waals surface area contributed by atoms with Crippen LogP contribution < -0.4 is 9.64 Å². The summed E-state index contributed by atoms with van der Waals surface area (Å²) in [6.45, 7) is 0. The molecule has 0 amide bonds. The number of nitrogens with zero attached hydrogens (tertiary/aromatic N) is 2. The molecule has 0 saturated heterocycles. The summed E-state index contributed by atoms with van der Waals surface area (Å²) in [6.07, 6.45) is 4.21. The van der Waals surface area contributed by atoms with Gasteiger partial charge in [-0.15, -0.1) is 0 Å². The van der Waals surface area contributed by atoms with Gasteiger partial charge < -0.3 is 14.7 Å². The van der Waals surface area contributed by atoms with Crippen molar-refractivity contribution in [1.29, 1.82) is 0 Å². The number of pyridine rings is 1. The molecule has 0 fully saturated rings. The molecule has 0 radical (unpaired) electrons. The van der Waals surface area contributed by atoms with E-state index in [4.69, 9.17) is 9.84 Å². The van der Waals surface area contributed by atoms with Crippen LogP contribution in [-0.4, -0.2) is 30.2 Å². The van der Waals surface area contributed by atoms with Crippen molar-refractivity contribution in [1.82, 2.24) is 4.98 Å². The maximum atomic E-state index is 10.5. The van der Waals surface area contributed by atoms with Gasteiger partial charge in [-0.1, -0.05) is 12.1 Å². The lowest BCUT2D eigenvalue weighted by Gasteiger charge is -2.20. The Bertz CT molecular complexity index is 651. The van der Waals surface area contributed by atoms with Gasteiger partial charge in [0.2, 0.25) is 0 Å². The molecule has 0 aliphatic rings. The topological polar surface area (TPSA) is 62.7 Å². The molecule has 0 bridgehead atoms. The number of carbonyl (C=O) groups is 1. The number of carboxylic acids is 1. The van der Waals surface area contributed by atoms with Gasteiger partial charge in [0.15, 0.2) is 0 Å². The van der Waals surface area contributed by atoms with Crippen molar-refractivity contribution in [2.45, 2.75) is 0 Å². The van der Waals surface area contributed by atoms with Crippen LogP contribution in [0.15, 0.2) is 48.7 Å². The van der Waals surface area contributed by atoms with Crippen LogP contribution in [0.25, 0.3) is 6.08 Å². The summed E-state index contributed by atoms with van der Waals surface area (Å²) in [5.41, 5.74) is 1.64. The first-order chi connectivity index (χ1) is 10.1. The maximum absolute atomic E-state index is 10.5. The number of methoxy groups -OCH3 is 1. The van der Waals surface area contributed by atoms with Crippen LogP contribution >= 0.6 is 0 Å². The van der Waals surface area contributed by atoms with Crippen molar-refractivity contribution >= 4 is 23.6 Å². The van der Waals surface area contributed by atoms with Gasteiger partial charge in [0.05, 0.1) is 12.8 Å². The Hall–Kier alpha value is -2.82. The van der Waals surface area contributed by atoms with Crippen molar-refractivity contribution in [2.75, 3.05) is 19.1 Å². The van der Waals surface area contributed by atoms with Gasteiger partial charge in [-0.2, -0.15) is 0 Å². The lowest BCUT2D eigenvalue weighted by atomic mass is 10.2. The van der Waals surface area contributed by atoms with E-state index in [-0.39, 0.29) is 0 Å². The number of aromatic nitrogens is 1. The van der Waals surface area contributed by atoms with Crippen molar-refractivity contribution in [3.8, 4) is 5.75 Å². The second-order valence-electron chi connectivity index (χ2n) is 4.35. The van der Waals surface area contributed by atoms with E-state index in [9.17, 15) is 4.79 Å². The van der Waals surface area contributed by atoms with Crippen LogP contribution in [-0.2, 0) is 4.79 Å². The summed E-state index contributed by atoms with van der Waals surface area (Å²) in [6, 6.07) is 11.3. The van der Waals surface area contributed by atoms with E-state index in [0.717, 1.165) is 28.9 Å². The molecule has 2 aromatic rings. The third kappa shape index (κ3) is 3.60. The lowest BCUT2D eigenvalue weighted by Crippen LogP contribution is -2.12. The summed E-state index contributed by atoms with van der Waals surface area (Å²) in [5.74, 6) is 0.522. The number of anilines is 2. The van der Waals surface area contributed by atoms with Crippen LogP contribution in [0, 0.1) is 0 Å². The highest BCUT2D eigenvalue weighted by molar-refractivity contribution is 5.85. The third-order valence-electron chi connectivity index (χ3n) is 2.98. The molecule has 5 heteroatoms. The summed E-state index contributed by atoms with van der Waals surface area (Å²) in [7, 11) is 3.52. The van der Waals surface area contributed by atoms with Gasteiger partial charge in [-0.3, -0.25) is 0 Å². The molecule has 108 valence electrons. The smallest absolute Gasteiger partial charge is 0.328 e. The second kappa shape index (κ2) is 6.56. The Kier molecular flexibility index (Phi) is 4.56. The molecule has 1 aromatic heterocycles. The van der Waals surface area contributed by atoms with Gasteiger partial charge in [0.25, 0.3) is 0 Å². The number of aliphatic carboxylic acids is 1. The zero-order valence-electron chi connectivity index (χ0n) is 11.9. The number of rotatable bonds is 5. The van der Waals surface area contributed by atoms with Gasteiger partial charge >= 0.3 is 5.97 Å². The Morgan fingerprint density at radius 3 is 2.67 bits per heavy atom. The summed E-state index contributed by atoms with van der Waals surface area (Å²) in [4.78, 5) is 16.7. The molecule has 0 aliphatic carbocycles. The van der Waals surface area contributed by atoms with Crippen LogP contribution in [0.1, 0.15) is 5.56 Å². The van der Waals surface area contributed by atoms with Gasteiger partial charge in [0.1, 0.15) is 11.6 Å². The number of para-hydroxylation sites is 2. The zero-order valence-corrected chi connectivity index (χ0v) is 11.9. The van der Waals surface area contributed by atoms with Crippen LogP contribution in [0.2, 0.25) is 0 Å². The predicted molar refractivity (Wildman–Crippen MR) is 82.0 cm³/mol. The molecular formula is C16H16N2O3. The Labute approximate surface area is 123 Å². The number of carboxylic acid groups (broad SMARTS) is 1. The average Bonchev–Trinajstić information content (AvgIpc) is 2.52. The summed E-state index contributed by atoms with van der Waals surface area (Å²) in [5, 5.41) is 8.59.